The number of hydrogen-bond acceptors (Lipinski definition) is 3. The van der Waals surface area contributed by atoms with Gasteiger partial charge < -0.3 is 10.5 Å². The van der Waals surface area contributed by atoms with Crippen LogP contribution in [0.1, 0.15) is 96.8 Å². The van der Waals surface area contributed by atoms with E-state index in [9.17, 15) is 4.79 Å². The average Bonchev–Trinajstić information content (AvgIpc) is 2.50. The Balaban J connectivity index is 3.11. The summed E-state index contributed by atoms with van der Waals surface area (Å²) in [6, 6.07) is -0.428. The Morgan fingerprint density at radius 1 is 0.810 bits per heavy atom. The Labute approximate surface area is 132 Å². The van der Waals surface area contributed by atoms with E-state index in [0.29, 0.717) is 0 Å². The maximum Gasteiger partial charge on any atom is 0.322 e. The second-order valence-electron chi connectivity index (χ2n) is 6.16. The molecule has 0 heterocycles. The van der Waals surface area contributed by atoms with Crippen molar-refractivity contribution in [2.75, 3.05) is 7.11 Å². The lowest BCUT2D eigenvalue weighted by Gasteiger charge is -2.08. The van der Waals surface area contributed by atoms with Crippen molar-refractivity contribution in [2.24, 2.45) is 5.73 Å². The summed E-state index contributed by atoms with van der Waals surface area (Å²) >= 11 is 0. The summed E-state index contributed by atoms with van der Waals surface area (Å²) in [5, 5.41) is 0. The first-order valence-corrected chi connectivity index (χ1v) is 9.05. The lowest BCUT2D eigenvalue weighted by molar-refractivity contribution is -0.142. The van der Waals surface area contributed by atoms with Gasteiger partial charge in [0, 0.05) is 0 Å². The summed E-state index contributed by atoms with van der Waals surface area (Å²) < 4.78 is 4.61. The van der Waals surface area contributed by atoms with E-state index >= 15 is 0 Å². The van der Waals surface area contributed by atoms with E-state index in [1.165, 1.54) is 84.2 Å². The quantitative estimate of drug-likeness (QED) is 0.343. The van der Waals surface area contributed by atoms with Gasteiger partial charge in [-0.15, -0.1) is 0 Å². The molecule has 0 spiro atoms. The number of hydrogen-bond donors (Lipinski definition) is 1. The molecule has 0 bridgehead atoms. The van der Waals surface area contributed by atoms with E-state index in [0.717, 1.165) is 12.8 Å². The van der Waals surface area contributed by atoms with E-state index < -0.39 is 6.04 Å². The third-order valence-corrected chi connectivity index (χ3v) is 4.12. The molecule has 0 saturated carbocycles. The monoisotopic (exact) mass is 299 g/mol. The van der Waals surface area contributed by atoms with Gasteiger partial charge in [0.25, 0.3) is 0 Å². The summed E-state index contributed by atoms with van der Waals surface area (Å²) in [7, 11) is 1.39. The minimum absolute atomic E-state index is 0.283. The topological polar surface area (TPSA) is 52.3 Å². The molecular formula is C18H37NO2. The van der Waals surface area contributed by atoms with Crippen molar-refractivity contribution < 1.29 is 9.53 Å². The second-order valence-corrected chi connectivity index (χ2v) is 6.16. The summed E-state index contributed by atoms with van der Waals surface area (Å²) in [5.74, 6) is -0.283. The highest BCUT2D eigenvalue weighted by molar-refractivity contribution is 5.75. The van der Waals surface area contributed by atoms with Gasteiger partial charge in [0.15, 0.2) is 0 Å². The normalized spacial score (nSPS) is 12.3. The number of rotatable bonds is 15. The largest absolute Gasteiger partial charge is 0.468 e. The summed E-state index contributed by atoms with van der Waals surface area (Å²) in [6.45, 7) is 2.27. The molecule has 0 rings (SSSR count). The summed E-state index contributed by atoms with van der Waals surface area (Å²) in [4.78, 5) is 11.1. The average molecular weight is 299 g/mol. The standard InChI is InChI=1S/C18H37NO2/c1-3-4-5-6-7-8-9-10-11-12-13-14-15-16-17(19)18(20)21-2/h17H,3-16,19H2,1-2H3. The molecule has 3 heteroatoms. The fourth-order valence-electron chi connectivity index (χ4n) is 2.65. The van der Waals surface area contributed by atoms with Gasteiger partial charge in [-0.1, -0.05) is 90.4 Å². The Bertz CT molecular complexity index is 231. The minimum Gasteiger partial charge on any atom is -0.468 e. The van der Waals surface area contributed by atoms with Crippen LogP contribution in [-0.2, 0) is 9.53 Å². The Morgan fingerprint density at radius 2 is 1.19 bits per heavy atom. The van der Waals surface area contributed by atoms with Gasteiger partial charge in [-0.25, -0.2) is 0 Å². The predicted octanol–water partition coefficient (Wildman–Crippen LogP) is 4.97. The van der Waals surface area contributed by atoms with Crippen molar-refractivity contribution in [1.82, 2.24) is 0 Å². The van der Waals surface area contributed by atoms with Crippen molar-refractivity contribution in [1.29, 1.82) is 0 Å². The molecule has 0 aromatic rings. The van der Waals surface area contributed by atoms with Gasteiger partial charge in [0.05, 0.1) is 7.11 Å². The van der Waals surface area contributed by atoms with E-state index in [1.807, 2.05) is 0 Å². The van der Waals surface area contributed by atoms with Gasteiger partial charge in [0.2, 0.25) is 0 Å². The van der Waals surface area contributed by atoms with Gasteiger partial charge in [-0.3, -0.25) is 4.79 Å². The minimum atomic E-state index is -0.428. The number of ether oxygens (including phenoxy) is 1. The fraction of sp³-hybridized carbons (Fsp3) is 0.944. The molecular weight excluding hydrogens is 262 g/mol. The van der Waals surface area contributed by atoms with Crippen molar-refractivity contribution >= 4 is 5.97 Å². The highest BCUT2D eigenvalue weighted by Gasteiger charge is 2.12. The van der Waals surface area contributed by atoms with Crippen LogP contribution in [0.3, 0.4) is 0 Å². The van der Waals surface area contributed by atoms with Crippen molar-refractivity contribution in [2.45, 2.75) is 103 Å². The maximum absolute atomic E-state index is 11.1. The van der Waals surface area contributed by atoms with E-state index in [1.54, 1.807) is 0 Å². The molecule has 0 saturated heterocycles. The number of unbranched alkanes of at least 4 members (excludes halogenated alkanes) is 12. The third kappa shape index (κ3) is 14.1. The van der Waals surface area contributed by atoms with Crippen LogP contribution < -0.4 is 5.73 Å². The number of carbonyl (C=O) groups is 1. The third-order valence-electron chi connectivity index (χ3n) is 4.12. The Hall–Kier alpha value is -0.570. The molecule has 0 aromatic carbocycles. The first-order chi connectivity index (χ1) is 10.2. The highest BCUT2D eigenvalue weighted by Crippen LogP contribution is 2.13. The summed E-state index contributed by atoms with van der Waals surface area (Å²) in [6.07, 6.45) is 18.1. The Kier molecular flexibility index (Phi) is 15.4. The molecule has 0 aliphatic heterocycles. The van der Waals surface area contributed by atoms with Crippen LogP contribution in [0.4, 0.5) is 0 Å². The zero-order valence-electron chi connectivity index (χ0n) is 14.4. The smallest absolute Gasteiger partial charge is 0.322 e. The summed E-state index contributed by atoms with van der Waals surface area (Å²) in [5.41, 5.74) is 5.69. The molecule has 0 aliphatic rings. The van der Waals surface area contributed by atoms with Crippen LogP contribution in [0, 0.1) is 0 Å². The molecule has 21 heavy (non-hydrogen) atoms. The number of carbonyl (C=O) groups excluding carboxylic acids is 1. The molecule has 126 valence electrons. The van der Waals surface area contributed by atoms with Gasteiger partial charge in [-0.05, 0) is 6.42 Å². The zero-order chi connectivity index (χ0) is 15.8. The van der Waals surface area contributed by atoms with Crippen LogP contribution in [0.15, 0.2) is 0 Å². The van der Waals surface area contributed by atoms with Crippen LogP contribution in [0.25, 0.3) is 0 Å². The van der Waals surface area contributed by atoms with E-state index in [4.69, 9.17) is 5.73 Å². The molecule has 3 nitrogen and oxygen atoms in total. The van der Waals surface area contributed by atoms with Gasteiger partial charge in [0.1, 0.15) is 6.04 Å². The van der Waals surface area contributed by atoms with Gasteiger partial charge >= 0.3 is 5.97 Å². The van der Waals surface area contributed by atoms with E-state index in [-0.39, 0.29) is 5.97 Å². The Morgan fingerprint density at radius 3 is 1.57 bits per heavy atom. The molecule has 2 N–H and O–H groups in total. The lowest BCUT2D eigenvalue weighted by Crippen LogP contribution is -2.31. The molecule has 0 amide bonds. The molecule has 1 unspecified atom stereocenters. The van der Waals surface area contributed by atoms with Crippen LogP contribution in [0.5, 0.6) is 0 Å². The SMILES string of the molecule is CCCCCCCCCCCCCCCC(N)C(=O)OC. The van der Waals surface area contributed by atoms with Crippen molar-refractivity contribution in [3.05, 3.63) is 0 Å². The first-order valence-electron chi connectivity index (χ1n) is 9.05. The molecule has 0 aliphatic carbocycles. The zero-order valence-corrected chi connectivity index (χ0v) is 14.4. The molecule has 0 fully saturated rings. The highest BCUT2D eigenvalue weighted by atomic mass is 16.5. The van der Waals surface area contributed by atoms with Crippen LogP contribution >= 0.6 is 0 Å². The maximum atomic E-state index is 11.1. The predicted molar refractivity (Wildman–Crippen MR) is 90.3 cm³/mol. The van der Waals surface area contributed by atoms with Crippen LogP contribution in [0.2, 0.25) is 0 Å². The van der Waals surface area contributed by atoms with Crippen molar-refractivity contribution in [3.63, 3.8) is 0 Å². The van der Waals surface area contributed by atoms with E-state index in [2.05, 4.69) is 11.7 Å². The second kappa shape index (κ2) is 15.8. The van der Waals surface area contributed by atoms with Crippen LogP contribution in [-0.4, -0.2) is 19.1 Å². The molecule has 0 aromatic heterocycles. The number of methoxy groups -OCH3 is 1. The number of esters is 1. The molecule has 1 atom stereocenters. The lowest BCUT2D eigenvalue weighted by atomic mass is 10.0. The fourth-order valence-corrected chi connectivity index (χ4v) is 2.65. The van der Waals surface area contributed by atoms with Gasteiger partial charge in [-0.2, -0.15) is 0 Å². The number of nitrogens with two attached hydrogens (primary N) is 1. The van der Waals surface area contributed by atoms with Crippen molar-refractivity contribution in [3.8, 4) is 0 Å². The first kappa shape index (κ1) is 20.4. The molecule has 0 radical (unpaired) electrons.